The van der Waals surface area contributed by atoms with Gasteiger partial charge < -0.3 is 4.74 Å². The van der Waals surface area contributed by atoms with E-state index < -0.39 is 46.5 Å². The minimum absolute atomic E-state index is 0.133. The van der Waals surface area contributed by atoms with Crippen LogP contribution in [0.25, 0.3) is 0 Å². The molecule has 192 valence electrons. The SMILES string of the molecule is CC[C@H]1CC[C@H]([C@H]2CC[C@H](c3cc(F)c(C(F)(F)Oc4cc(F)c(F)c(F)c4)c(F)c3)CC2)CC1. The Hall–Kier alpha value is -2.25. The van der Waals surface area contributed by atoms with Crippen molar-refractivity contribution >= 4 is 0 Å². The summed E-state index contributed by atoms with van der Waals surface area (Å²) in [5, 5.41) is 0. The molecule has 2 aromatic rings. The summed E-state index contributed by atoms with van der Waals surface area (Å²) in [6.45, 7) is 2.23. The molecule has 2 aliphatic carbocycles. The van der Waals surface area contributed by atoms with Gasteiger partial charge in [-0.1, -0.05) is 26.2 Å². The molecule has 2 aromatic carbocycles. The van der Waals surface area contributed by atoms with Crippen LogP contribution in [0.3, 0.4) is 0 Å². The van der Waals surface area contributed by atoms with E-state index in [1.807, 2.05) is 0 Å². The number of ether oxygens (including phenoxy) is 1. The third-order valence-electron chi connectivity index (χ3n) is 7.94. The summed E-state index contributed by atoms with van der Waals surface area (Å²) in [7, 11) is 0. The van der Waals surface area contributed by atoms with Gasteiger partial charge in [0.2, 0.25) is 0 Å². The Bertz CT molecular complexity index is 992. The van der Waals surface area contributed by atoms with E-state index in [0.29, 0.717) is 17.4 Å². The fourth-order valence-corrected chi connectivity index (χ4v) is 5.89. The molecule has 1 nitrogen and oxygen atoms in total. The van der Waals surface area contributed by atoms with Crippen LogP contribution in [-0.4, -0.2) is 0 Å². The van der Waals surface area contributed by atoms with Crippen molar-refractivity contribution in [1.82, 2.24) is 0 Å². The third kappa shape index (κ3) is 5.61. The first kappa shape index (κ1) is 25.8. The van der Waals surface area contributed by atoms with Crippen molar-refractivity contribution in [1.29, 1.82) is 0 Å². The Balaban J connectivity index is 1.44. The molecule has 0 bridgehead atoms. The monoisotopic (exact) mass is 502 g/mol. The highest BCUT2D eigenvalue weighted by Gasteiger charge is 2.42. The molecule has 0 saturated heterocycles. The zero-order valence-electron chi connectivity index (χ0n) is 19.5. The zero-order chi connectivity index (χ0) is 25.3. The van der Waals surface area contributed by atoms with Crippen LogP contribution in [0.15, 0.2) is 24.3 Å². The number of halogens is 7. The molecule has 0 atom stereocenters. The van der Waals surface area contributed by atoms with Crippen molar-refractivity contribution < 1.29 is 35.5 Å². The summed E-state index contributed by atoms with van der Waals surface area (Å²) < 4.78 is 102. The van der Waals surface area contributed by atoms with Gasteiger partial charge in [0, 0.05) is 12.1 Å². The summed E-state index contributed by atoms with van der Waals surface area (Å²) in [5.74, 6) is -7.55. The fourth-order valence-electron chi connectivity index (χ4n) is 5.89. The van der Waals surface area contributed by atoms with Crippen molar-refractivity contribution in [3.63, 3.8) is 0 Å². The number of benzene rings is 2. The second-order valence-corrected chi connectivity index (χ2v) is 9.98. The molecule has 2 saturated carbocycles. The van der Waals surface area contributed by atoms with Gasteiger partial charge in [0.15, 0.2) is 17.5 Å². The summed E-state index contributed by atoms with van der Waals surface area (Å²) in [4.78, 5) is 0. The molecular weight excluding hydrogens is 473 g/mol. The van der Waals surface area contributed by atoms with E-state index in [1.54, 1.807) is 0 Å². The molecule has 0 aromatic heterocycles. The van der Waals surface area contributed by atoms with Crippen LogP contribution >= 0.6 is 0 Å². The van der Waals surface area contributed by atoms with Crippen LogP contribution in [0.1, 0.15) is 81.8 Å². The van der Waals surface area contributed by atoms with E-state index in [9.17, 15) is 30.7 Å². The second-order valence-electron chi connectivity index (χ2n) is 9.98. The van der Waals surface area contributed by atoms with Gasteiger partial charge in [-0.25, -0.2) is 22.0 Å². The van der Waals surface area contributed by atoms with Gasteiger partial charge in [0.25, 0.3) is 0 Å². The van der Waals surface area contributed by atoms with Crippen molar-refractivity contribution in [3.8, 4) is 5.75 Å². The smallest absolute Gasteiger partial charge is 0.429 e. The first-order valence-corrected chi connectivity index (χ1v) is 12.3. The van der Waals surface area contributed by atoms with Crippen LogP contribution in [0.2, 0.25) is 0 Å². The first-order chi connectivity index (χ1) is 16.6. The van der Waals surface area contributed by atoms with Crippen LogP contribution < -0.4 is 4.74 Å². The predicted octanol–water partition coefficient (Wildman–Crippen LogP) is 9.00. The lowest BCUT2D eigenvalue weighted by molar-refractivity contribution is -0.189. The molecule has 2 aliphatic rings. The zero-order valence-corrected chi connectivity index (χ0v) is 19.5. The Morgan fingerprint density at radius 1 is 0.714 bits per heavy atom. The number of hydrogen-bond acceptors (Lipinski definition) is 1. The van der Waals surface area contributed by atoms with Crippen LogP contribution in [0, 0.1) is 46.8 Å². The lowest BCUT2D eigenvalue weighted by atomic mass is 9.68. The molecular formula is C27H29F7O. The minimum Gasteiger partial charge on any atom is -0.429 e. The van der Waals surface area contributed by atoms with Gasteiger partial charge >= 0.3 is 6.11 Å². The number of rotatable bonds is 6. The average Bonchev–Trinajstić information content (AvgIpc) is 2.81. The summed E-state index contributed by atoms with van der Waals surface area (Å²) in [6, 6.07) is 2.14. The average molecular weight is 503 g/mol. The topological polar surface area (TPSA) is 9.23 Å². The molecule has 0 aliphatic heterocycles. The highest BCUT2D eigenvalue weighted by molar-refractivity contribution is 5.33. The van der Waals surface area contributed by atoms with E-state index >= 15 is 0 Å². The Morgan fingerprint density at radius 3 is 1.69 bits per heavy atom. The Labute approximate surface area is 200 Å². The quantitative estimate of drug-likeness (QED) is 0.283. The largest absolute Gasteiger partial charge is 0.432 e. The van der Waals surface area contributed by atoms with Gasteiger partial charge in [-0.2, -0.15) is 8.78 Å². The molecule has 0 amide bonds. The van der Waals surface area contributed by atoms with Gasteiger partial charge in [-0.15, -0.1) is 0 Å². The maximum absolute atomic E-state index is 14.7. The molecule has 0 unspecified atom stereocenters. The van der Waals surface area contributed by atoms with Gasteiger partial charge in [0.1, 0.15) is 22.9 Å². The number of alkyl halides is 2. The molecule has 0 heterocycles. The lowest BCUT2D eigenvalue weighted by Gasteiger charge is -2.38. The predicted molar refractivity (Wildman–Crippen MR) is 118 cm³/mol. The van der Waals surface area contributed by atoms with Crippen LogP contribution in [-0.2, 0) is 6.11 Å². The fraction of sp³-hybridized carbons (Fsp3) is 0.556. The maximum Gasteiger partial charge on any atom is 0.432 e. The molecule has 35 heavy (non-hydrogen) atoms. The van der Waals surface area contributed by atoms with Gasteiger partial charge in [-0.3, -0.25) is 0 Å². The Kier molecular flexibility index (Phi) is 7.67. The van der Waals surface area contributed by atoms with Crippen LogP contribution in [0.4, 0.5) is 30.7 Å². The minimum atomic E-state index is -4.57. The summed E-state index contributed by atoms with van der Waals surface area (Å²) in [5.41, 5.74) is -1.35. The maximum atomic E-state index is 14.7. The molecule has 0 spiro atoms. The van der Waals surface area contributed by atoms with Crippen LogP contribution in [0.5, 0.6) is 5.75 Å². The van der Waals surface area contributed by atoms with E-state index in [4.69, 9.17) is 0 Å². The lowest BCUT2D eigenvalue weighted by Crippen LogP contribution is -2.27. The molecule has 0 N–H and O–H groups in total. The molecule has 4 rings (SSSR count). The second kappa shape index (κ2) is 10.4. The third-order valence-corrected chi connectivity index (χ3v) is 7.94. The normalized spacial score (nSPS) is 25.5. The molecule has 2 fully saturated rings. The van der Waals surface area contributed by atoms with E-state index in [1.165, 1.54) is 32.1 Å². The van der Waals surface area contributed by atoms with Gasteiger partial charge in [0.05, 0.1) is 0 Å². The molecule has 8 heteroatoms. The summed E-state index contributed by atoms with van der Waals surface area (Å²) in [6.07, 6.45) is 4.96. The highest BCUT2D eigenvalue weighted by Crippen LogP contribution is 2.45. The standard InChI is InChI=1S/C27H29F7O/c1-2-15-3-5-16(6-4-15)17-7-9-18(10-8-17)19-11-21(28)25(22(29)12-19)27(33,34)35-20-13-23(30)26(32)24(31)14-20/h11-18H,2-10H2,1H3/t15-,16-,17-,18-. The van der Waals surface area contributed by atoms with Crippen molar-refractivity contribution in [2.45, 2.75) is 76.7 Å². The first-order valence-electron chi connectivity index (χ1n) is 12.3. The highest BCUT2D eigenvalue weighted by atomic mass is 19.3. The molecule has 0 radical (unpaired) electrons. The van der Waals surface area contributed by atoms with E-state index in [0.717, 1.165) is 43.7 Å². The van der Waals surface area contributed by atoms with Crippen molar-refractivity contribution in [2.75, 3.05) is 0 Å². The van der Waals surface area contributed by atoms with E-state index in [-0.39, 0.29) is 18.1 Å². The van der Waals surface area contributed by atoms with Crippen molar-refractivity contribution in [2.24, 2.45) is 17.8 Å². The van der Waals surface area contributed by atoms with E-state index in [2.05, 4.69) is 11.7 Å². The Morgan fingerprint density at radius 2 is 1.20 bits per heavy atom. The van der Waals surface area contributed by atoms with Gasteiger partial charge in [-0.05, 0) is 79.9 Å². The number of hydrogen-bond donors (Lipinski definition) is 0. The summed E-state index contributed by atoms with van der Waals surface area (Å²) >= 11 is 0. The van der Waals surface area contributed by atoms with Crippen molar-refractivity contribution in [3.05, 3.63) is 64.5 Å².